The number of carbonyl (C=O) groups excluding carboxylic acids is 1. The van der Waals surface area contributed by atoms with E-state index in [1.54, 1.807) is 4.90 Å². The van der Waals surface area contributed by atoms with Crippen LogP contribution in [0.3, 0.4) is 0 Å². The first-order chi connectivity index (χ1) is 7.92. The van der Waals surface area contributed by atoms with E-state index < -0.39 is 5.60 Å². The summed E-state index contributed by atoms with van der Waals surface area (Å²) < 4.78 is 5.35. The predicted molar refractivity (Wildman–Crippen MR) is 64.9 cm³/mol. The Balaban J connectivity index is 2.40. The molecule has 17 heavy (non-hydrogen) atoms. The van der Waals surface area contributed by atoms with Gasteiger partial charge in [0.05, 0.1) is 0 Å². The van der Waals surface area contributed by atoms with Crippen molar-refractivity contribution in [3.63, 3.8) is 0 Å². The second-order valence-electron chi connectivity index (χ2n) is 5.63. The minimum absolute atomic E-state index is 0.223. The summed E-state index contributed by atoms with van der Waals surface area (Å²) >= 11 is 0. The van der Waals surface area contributed by atoms with Crippen molar-refractivity contribution in [2.45, 2.75) is 45.6 Å². The van der Waals surface area contributed by atoms with Crippen LogP contribution >= 0.6 is 0 Å². The van der Waals surface area contributed by atoms with Crippen LogP contribution in [0.5, 0.6) is 0 Å². The minimum atomic E-state index is -0.434. The van der Waals surface area contributed by atoms with Crippen molar-refractivity contribution >= 4 is 6.09 Å². The molecule has 1 aliphatic rings. The Morgan fingerprint density at radius 3 is 2.82 bits per heavy atom. The maximum atomic E-state index is 11.9. The van der Waals surface area contributed by atoms with Crippen molar-refractivity contribution in [1.29, 1.82) is 0 Å². The largest absolute Gasteiger partial charge is 0.444 e. The Morgan fingerprint density at radius 1 is 1.53 bits per heavy atom. The molecule has 0 aromatic carbocycles. The zero-order valence-electron chi connectivity index (χ0n) is 11.0. The number of amides is 1. The smallest absolute Gasteiger partial charge is 0.410 e. The van der Waals surface area contributed by atoms with E-state index in [-0.39, 0.29) is 6.09 Å². The molecule has 0 bridgehead atoms. The number of carbonyl (C=O) groups is 1. The van der Waals surface area contributed by atoms with Gasteiger partial charge in [0.25, 0.3) is 0 Å². The highest BCUT2D eigenvalue weighted by atomic mass is 16.6. The summed E-state index contributed by atoms with van der Waals surface area (Å²) in [7, 11) is 0. The molecule has 0 saturated carbocycles. The van der Waals surface area contributed by atoms with Crippen LogP contribution in [0.2, 0.25) is 0 Å². The van der Waals surface area contributed by atoms with Crippen molar-refractivity contribution in [3.8, 4) is 0 Å². The molecule has 1 heterocycles. The molecule has 0 spiro atoms. The van der Waals surface area contributed by atoms with Crippen molar-refractivity contribution in [2.24, 2.45) is 5.92 Å². The van der Waals surface area contributed by atoms with Crippen molar-refractivity contribution in [2.75, 3.05) is 19.6 Å². The topological polar surface area (TPSA) is 61.8 Å². The Bertz CT molecular complexity index is 251. The fourth-order valence-corrected chi connectivity index (χ4v) is 2.06. The molecular formula is C12H24N2O3. The third-order valence-corrected chi connectivity index (χ3v) is 2.84. The number of nitrogens with one attached hydrogen (secondary N) is 1. The molecule has 0 aromatic rings. The van der Waals surface area contributed by atoms with Gasteiger partial charge in [0.15, 0.2) is 0 Å². The van der Waals surface area contributed by atoms with E-state index >= 15 is 0 Å². The summed E-state index contributed by atoms with van der Waals surface area (Å²) in [5, 5.41) is 8.57. The lowest BCUT2D eigenvalue weighted by atomic mass is 9.95. The third kappa shape index (κ3) is 5.37. The Labute approximate surface area is 103 Å². The molecule has 1 fully saturated rings. The van der Waals surface area contributed by atoms with Crippen LogP contribution in [-0.4, -0.2) is 41.4 Å². The number of hydrogen-bond donors (Lipinski definition) is 2. The fourth-order valence-electron chi connectivity index (χ4n) is 2.06. The maximum Gasteiger partial charge on any atom is 0.410 e. The van der Waals surface area contributed by atoms with Gasteiger partial charge in [-0.05, 0) is 46.0 Å². The summed E-state index contributed by atoms with van der Waals surface area (Å²) in [5.74, 6) is 0.455. The van der Waals surface area contributed by atoms with Crippen LogP contribution in [0.4, 0.5) is 4.79 Å². The van der Waals surface area contributed by atoms with Gasteiger partial charge >= 0.3 is 6.09 Å². The average Bonchev–Trinajstić information content (AvgIpc) is 2.24. The number of hydroxylamine groups is 1. The maximum absolute atomic E-state index is 11.9. The molecule has 5 heteroatoms. The summed E-state index contributed by atoms with van der Waals surface area (Å²) in [4.78, 5) is 13.6. The molecule has 1 atom stereocenters. The second kappa shape index (κ2) is 6.21. The van der Waals surface area contributed by atoms with E-state index in [1.165, 1.54) is 0 Å². The number of piperidine rings is 1. The number of rotatable bonds is 3. The highest BCUT2D eigenvalue weighted by Gasteiger charge is 2.27. The standard InChI is InChI=1S/C12H24N2O3/c1-12(2,3)17-11(15)14-8-4-5-10(9-14)6-7-13-16/h10,13,16H,4-9H2,1-3H3. The van der Waals surface area contributed by atoms with Gasteiger partial charge in [-0.25, -0.2) is 10.3 Å². The number of ether oxygens (including phenoxy) is 1. The van der Waals surface area contributed by atoms with E-state index in [4.69, 9.17) is 9.94 Å². The van der Waals surface area contributed by atoms with Gasteiger partial charge in [-0.2, -0.15) is 0 Å². The van der Waals surface area contributed by atoms with Gasteiger partial charge in [-0.3, -0.25) is 0 Å². The minimum Gasteiger partial charge on any atom is -0.444 e. The van der Waals surface area contributed by atoms with Crippen molar-refractivity contribution in [3.05, 3.63) is 0 Å². The second-order valence-corrected chi connectivity index (χ2v) is 5.63. The highest BCUT2D eigenvalue weighted by Crippen LogP contribution is 2.21. The zero-order chi connectivity index (χ0) is 12.9. The lowest BCUT2D eigenvalue weighted by Crippen LogP contribution is -2.43. The number of likely N-dealkylation sites (tertiary alicyclic amines) is 1. The van der Waals surface area contributed by atoms with Crippen LogP contribution in [0.1, 0.15) is 40.0 Å². The molecule has 1 saturated heterocycles. The summed E-state index contributed by atoms with van der Waals surface area (Å²) in [6, 6.07) is 0. The zero-order valence-corrected chi connectivity index (χ0v) is 11.0. The summed E-state index contributed by atoms with van der Waals surface area (Å²) in [6.07, 6.45) is 2.78. The first-order valence-electron chi connectivity index (χ1n) is 6.27. The monoisotopic (exact) mass is 244 g/mol. The molecular weight excluding hydrogens is 220 g/mol. The summed E-state index contributed by atoms with van der Waals surface area (Å²) in [6.45, 7) is 7.72. The van der Waals surface area contributed by atoms with E-state index in [9.17, 15) is 4.79 Å². The quantitative estimate of drug-likeness (QED) is 0.745. The molecule has 1 aliphatic heterocycles. The summed E-state index contributed by atoms with van der Waals surface area (Å²) in [5.41, 5.74) is 1.73. The van der Waals surface area contributed by atoms with Gasteiger partial charge < -0.3 is 14.8 Å². The van der Waals surface area contributed by atoms with Gasteiger partial charge in [0.2, 0.25) is 0 Å². The molecule has 0 aliphatic carbocycles. The molecule has 100 valence electrons. The van der Waals surface area contributed by atoms with Gasteiger partial charge in [0.1, 0.15) is 5.60 Å². The molecule has 1 rings (SSSR count). The Hall–Kier alpha value is -0.810. The van der Waals surface area contributed by atoms with Crippen LogP contribution in [-0.2, 0) is 4.74 Å². The Morgan fingerprint density at radius 2 is 2.24 bits per heavy atom. The van der Waals surface area contributed by atoms with Crippen LogP contribution in [0, 0.1) is 5.92 Å². The van der Waals surface area contributed by atoms with Gasteiger partial charge in [-0.15, -0.1) is 0 Å². The highest BCUT2D eigenvalue weighted by molar-refractivity contribution is 5.68. The van der Waals surface area contributed by atoms with E-state index in [1.807, 2.05) is 20.8 Å². The van der Waals surface area contributed by atoms with E-state index in [2.05, 4.69) is 5.48 Å². The first kappa shape index (κ1) is 14.3. The fraction of sp³-hybridized carbons (Fsp3) is 0.917. The van der Waals surface area contributed by atoms with Crippen LogP contribution in [0.15, 0.2) is 0 Å². The molecule has 0 radical (unpaired) electrons. The first-order valence-corrected chi connectivity index (χ1v) is 6.27. The normalized spacial score (nSPS) is 21.4. The van der Waals surface area contributed by atoms with E-state index in [0.29, 0.717) is 12.5 Å². The van der Waals surface area contributed by atoms with E-state index in [0.717, 1.165) is 32.4 Å². The van der Waals surface area contributed by atoms with Crippen LogP contribution in [0.25, 0.3) is 0 Å². The molecule has 2 N–H and O–H groups in total. The third-order valence-electron chi connectivity index (χ3n) is 2.84. The predicted octanol–water partition coefficient (Wildman–Crippen LogP) is 2.00. The molecule has 5 nitrogen and oxygen atoms in total. The molecule has 1 unspecified atom stereocenters. The van der Waals surface area contributed by atoms with Crippen LogP contribution < -0.4 is 5.48 Å². The van der Waals surface area contributed by atoms with Gasteiger partial charge in [0, 0.05) is 19.6 Å². The SMILES string of the molecule is CC(C)(C)OC(=O)N1CCCC(CCNO)C1. The average molecular weight is 244 g/mol. The van der Waals surface area contributed by atoms with Crippen molar-refractivity contribution < 1.29 is 14.7 Å². The Kier molecular flexibility index (Phi) is 5.21. The molecule has 1 amide bonds. The molecule has 0 aromatic heterocycles. The number of hydrogen-bond acceptors (Lipinski definition) is 4. The lowest BCUT2D eigenvalue weighted by Gasteiger charge is -2.34. The van der Waals surface area contributed by atoms with Crippen molar-refractivity contribution in [1.82, 2.24) is 10.4 Å². The number of nitrogens with zero attached hydrogens (tertiary/aromatic N) is 1. The lowest BCUT2D eigenvalue weighted by molar-refractivity contribution is 0.0156. The van der Waals surface area contributed by atoms with Gasteiger partial charge in [-0.1, -0.05) is 0 Å².